The number of ether oxygens (including phenoxy) is 4. The smallest absolute Gasteiger partial charge is 0.257 e. The van der Waals surface area contributed by atoms with Gasteiger partial charge >= 0.3 is 0 Å². The van der Waals surface area contributed by atoms with E-state index in [0.717, 1.165) is 15.8 Å². The number of benzene rings is 2. The summed E-state index contributed by atoms with van der Waals surface area (Å²) in [5.41, 5.74) is 1.01. The van der Waals surface area contributed by atoms with Crippen LogP contribution in [0.3, 0.4) is 0 Å². The van der Waals surface area contributed by atoms with Crippen LogP contribution in [0, 0.1) is 0 Å². The van der Waals surface area contributed by atoms with Gasteiger partial charge in [0, 0.05) is 11.0 Å². The second kappa shape index (κ2) is 9.91. The van der Waals surface area contributed by atoms with Crippen molar-refractivity contribution in [1.29, 1.82) is 0 Å². The van der Waals surface area contributed by atoms with Crippen LogP contribution in [-0.2, 0) is 11.2 Å². The van der Waals surface area contributed by atoms with E-state index >= 15 is 0 Å². The third kappa shape index (κ3) is 5.56. The van der Waals surface area contributed by atoms with Crippen molar-refractivity contribution in [1.82, 2.24) is 5.32 Å². The van der Waals surface area contributed by atoms with E-state index < -0.39 is 0 Å². The van der Waals surface area contributed by atoms with Crippen LogP contribution in [0.25, 0.3) is 0 Å². The number of hydrogen-bond acceptors (Lipinski definition) is 5. The molecule has 0 bridgehead atoms. The van der Waals surface area contributed by atoms with Gasteiger partial charge in [0.15, 0.2) is 18.1 Å². The number of nitrogens with one attached hydrogen (secondary N) is 1. The molecule has 1 N–H and O–H groups in total. The lowest BCUT2D eigenvalue weighted by Gasteiger charge is -2.12. The summed E-state index contributed by atoms with van der Waals surface area (Å²) in [7, 11) is 4.78. The average molecular weight is 424 g/mol. The maximum Gasteiger partial charge on any atom is 0.257 e. The van der Waals surface area contributed by atoms with Gasteiger partial charge in [-0.1, -0.05) is 15.9 Å². The van der Waals surface area contributed by atoms with Crippen molar-refractivity contribution in [3.8, 4) is 23.0 Å². The molecule has 0 spiro atoms. The Morgan fingerprint density at radius 2 is 1.58 bits per heavy atom. The van der Waals surface area contributed by atoms with E-state index in [0.29, 0.717) is 30.2 Å². The minimum absolute atomic E-state index is 0.0422. The third-order valence-corrected chi connectivity index (χ3v) is 4.44. The third-order valence-electron chi connectivity index (χ3n) is 3.70. The SMILES string of the molecule is COc1ccc(OCC(=O)NCCc2cc(OC)c(OC)cc2Br)cc1. The quantitative estimate of drug-likeness (QED) is 0.670. The van der Waals surface area contributed by atoms with Crippen LogP contribution in [0.4, 0.5) is 0 Å². The number of carbonyl (C=O) groups excluding carboxylic acids is 1. The maximum atomic E-state index is 11.9. The van der Waals surface area contributed by atoms with Crippen LogP contribution in [0.15, 0.2) is 40.9 Å². The Bertz CT molecular complexity index is 733. The lowest BCUT2D eigenvalue weighted by atomic mass is 10.1. The monoisotopic (exact) mass is 423 g/mol. The van der Waals surface area contributed by atoms with Crippen molar-refractivity contribution >= 4 is 21.8 Å². The van der Waals surface area contributed by atoms with E-state index in [2.05, 4.69) is 21.2 Å². The molecule has 0 saturated heterocycles. The average Bonchev–Trinajstić information content (AvgIpc) is 2.67. The first kappa shape index (κ1) is 19.9. The maximum absolute atomic E-state index is 11.9. The van der Waals surface area contributed by atoms with Crippen molar-refractivity contribution in [3.63, 3.8) is 0 Å². The van der Waals surface area contributed by atoms with Gasteiger partial charge in [0.1, 0.15) is 11.5 Å². The topological polar surface area (TPSA) is 66.0 Å². The zero-order valence-corrected chi connectivity index (χ0v) is 16.6. The van der Waals surface area contributed by atoms with Crippen LogP contribution >= 0.6 is 15.9 Å². The molecule has 0 fully saturated rings. The Balaban J connectivity index is 1.80. The molecule has 0 atom stereocenters. The number of hydrogen-bond donors (Lipinski definition) is 1. The van der Waals surface area contributed by atoms with Gasteiger partial charge in [0.2, 0.25) is 0 Å². The summed E-state index contributed by atoms with van der Waals surface area (Å²) in [6.07, 6.45) is 0.648. The summed E-state index contributed by atoms with van der Waals surface area (Å²) in [5.74, 6) is 2.48. The Kier molecular flexibility index (Phi) is 7.59. The van der Waals surface area contributed by atoms with E-state index in [4.69, 9.17) is 18.9 Å². The lowest BCUT2D eigenvalue weighted by molar-refractivity contribution is -0.123. The minimum Gasteiger partial charge on any atom is -0.497 e. The molecule has 0 aromatic heterocycles. The van der Waals surface area contributed by atoms with E-state index in [1.54, 1.807) is 45.6 Å². The number of carbonyl (C=O) groups is 1. The summed E-state index contributed by atoms with van der Waals surface area (Å²) in [5, 5.41) is 2.84. The van der Waals surface area contributed by atoms with Gasteiger partial charge in [-0.3, -0.25) is 4.79 Å². The second-order valence-electron chi connectivity index (χ2n) is 5.36. The Morgan fingerprint density at radius 1 is 0.962 bits per heavy atom. The molecule has 0 unspecified atom stereocenters. The van der Waals surface area contributed by atoms with E-state index in [-0.39, 0.29) is 12.5 Å². The summed E-state index contributed by atoms with van der Waals surface area (Å²) < 4.78 is 22.0. The van der Waals surface area contributed by atoms with Gasteiger partial charge in [-0.25, -0.2) is 0 Å². The summed E-state index contributed by atoms with van der Waals surface area (Å²) >= 11 is 3.51. The molecule has 0 aliphatic carbocycles. The predicted molar refractivity (Wildman–Crippen MR) is 102 cm³/mol. The van der Waals surface area contributed by atoms with Crippen LogP contribution < -0.4 is 24.3 Å². The fourth-order valence-electron chi connectivity index (χ4n) is 2.30. The second-order valence-corrected chi connectivity index (χ2v) is 6.22. The molecule has 2 aromatic carbocycles. The molecule has 0 heterocycles. The number of methoxy groups -OCH3 is 3. The van der Waals surface area contributed by atoms with Gasteiger partial charge in [0.25, 0.3) is 5.91 Å². The molecule has 140 valence electrons. The van der Waals surface area contributed by atoms with E-state index in [9.17, 15) is 4.79 Å². The summed E-state index contributed by atoms with van der Waals surface area (Å²) in [6.45, 7) is 0.443. The fraction of sp³-hybridized carbons (Fsp3) is 0.316. The highest BCUT2D eigenvalue weighted by Gasteiger charge is 2.10. The molecule has 2 rings (SSSR count). The summed E-state index contributed by atoms with van der Waals surface area (Å²) in [4.78, 5) is 11.9. The van der Waals surface area contributed by atoms with E-state index in [1.807, 2.05) is 12.1 Å². The standard InChI is InChI=1S/C19H22BrNO5/c1-23-14-4-6-15(7-5-14)26-12-19(22)21-9-8-13-10-17(24-2)18(25-3)11-16(13)20/h4-7,10-11H,8-9,12H2,1-3H3,(H,21,22). The zero-order valence-electron chi connectivity index (χ0n) is 15.0. The van der Waals surface area contributed by atoms with E-state index in [1.165, 1.54) is 0 Å². The van der Waals surface area contributed by atoms with Crippen molar-refractivity contribution in [2.24, 2.45) is 0 Å². The molecule has 0 radical (unpaired) electrons. The first-order valence-electron chi connectivity index (χ1n) is 8.01. The Morgan fingerprint density at radius 3 is 2.19 bits per heavy atom. The van der Waals surface area contributed by atoms with Crippen molar-refractivity contribution in [2.45, 2.75) is 6.42 Å². The minimum atomic E-state index is -0.183. The highest BCUT2D eigenvalue weighted by atomic mass is 79.9. The fourth-order valence-corrected chi connectivity index (χ4v) is 2.82. The number of amides is 1. The van der Waals surface area contributed by atoms with Gasteiger partial charge in [-0.05, 0) is 48.4 Å². The Labute approximate surface area is 161 Å². The van der Waals surface area contributed by atoms with Crippen LogP contribution in [0.5, 0.6) is 23.0 Å². The molecular weight excluding hydrogens is 402 g/mol. The number of halogens is 1. The van der Waals surface area contributed by atoms with Gasteiger partial charge in [-0.2, -0.15) is 0 Å². The van der Waals surface area contributed by atoms with Gasteiger partial charge in [0.05, 0.1) is 21.3 Å². The highest BCUT2D eigenvalue weighted by molar-refractivity contribution is 9.10. The van der Waals surface area contributed by atoms with Crippen molar-refractivity contribution in [3.05, 3.63) is 46.4 Å². The van der Waals surface area contributed by atoms with Crippen LogP contribution in [0.1, 0.15) is 5.56 Å². The van der Waals surface area contributed by atoms with Gasteiger partial charge in [-0.15, -0.1) is 0 Å². The predicted octanol–water partition coefficient (Wildman–Crippen LogP) is 3.21. The van der Waals surface area contributed by atoms with Crippen LogP contribution in [-0.4, -0.2) is 40.4 Å². The normalized spacial score (nSPS) is 10.2. The lowest BCUT2D eigenvalue weighted by Crippen LogP contribution is -2.30. The molecule has 0 aliphatic heterocycles. The molecular formula is C19H22BrNO5. The first-order chi connectivity index (χ1) is 12.6. The summed E-state index contributed by atoms with van der Waals surface area (Å²) in [6, 6.07) is 10.8. The number of rotatable bonds is 9. The molecule has 2 aromatic rings. The van der Waals surface area contributed by atoms with Crippen LogP contribution in [0.2, 0.25) is 0 Å². The molecule has 1 amide bonds. The Hall–Kier alpha value is -2.41. The van der Waals surface area contributed by atoms with Gasteiger partial charge < -0.3 is 24.3 Å². The molecule has 7 heteroatoms. The first-order valence-corrected chi connectivity index (χ1v) is 8.80. The molecule has 26 heavy (non-hydrogen) atoms. The highest BCUT2D eigenvalue weighted by Crippen LogP contribution is 2.33. The van der Waals surface area contributed by atoms with Crippen molar-refractivity contribution < 1.29 is 23.7 Å². The molecule has 0 aliphatic rings. The van der Waals surface area contributed by atoms with Crippen molar-refractivity contribution in [2.75, 3.05) is 34.5 Å². The molecule has 0 saturated carbocycles. The largest absolute Gasteiger partial charge is 0.497 e. The zero-order chi connectivity index (χ0) is 18.9. The molecule has 6 nitrogen and oxygen atoms in total.